The molecule has 0 amide bonds. The van der Waals surface area contributed by atoms with Crippen LogP contribution in [0.15, 0.2) is 24.3 Å². The number of ether oxygens (including phenoxy) is 1. The lowest BCUT2D eigenvalue weighted by atomic mass is 10.1. The van der Waals surface area contributed by atoms with Crippen molar-refractivity contribution in [1.29, 1.82) is 0 Å². The molecule has 0 aromatic heterocycles. The highest BCUT2D eigenvalue weighted by Crippen LogP contribution is 2.23. The van der Waals surface area contributed by atoms with E-state index >= 15 is 0 Å². The molecule has 2 aliphatic rings. The van der Waals surface area contributed by atoms with Gasteiger partial charge in [0.05, 0.1) is 17.6 Å². The van der Waals surface area contributed by atoms with Crippen molar-refractivity contribution in [2.75, 3.05) is 24.7 Å². The molecule has 1 aromatic carbocycles. The predicted molar refractivity (Wildman–Crippen MR) is 87.9 cm³/mol. The summed E-state index contributed by atoms with van der Waals surface area (Å²) >= 11 is 6.06. The van der Waals surface area contributed by atoms with Gasteiger partial charge in [-0.15, -0.1) is 0 Å². The Labute approximate surface area is 137 Å². The summed E-state index contributed by atoms with van der Waals surface area (Å²) in [5.74, 6) is 0.565. The number of hydrogen-bond donors (Lipinski definition) is 0. The summed E-state index contributed by atoms with van der Waals surface area (Å²) in [5.41, 5.74) is 1.12. The molecular weight excluding hydrogens is 322 g/mol. The van der Waals surface area contributed by atoms with Crippen molar-refractivity contribution in [3.63, 3.8) is 0 Å². The van der Waals surface area contributed by atoms with Crippen LogP contribution in [0.5, 0.6) is 0 Å². The first-order chi connectivity index (χ1) is 10.5. The molecule has 4 nitrogen and oxygen atoms in total. The molecule has 0 radical (unpaired) electrons. The Bertz CT molecular complexity index is 614. The zero-order valence-corrected chi connectivity index (χ0v) is 14.2. The highest BCUT2D eigenvalue weighted by molar-refractivity contribution is 7.91. The molecule has 0 N–H and O–H groups in total. The van der Waals surface area contributed by atoms with E-state index in [1.54, 1.807) is 0 Å². The van der Waals surface area contributed by atoms with Crippen molar-refractivity contribution in [2.45, 2.75) is 38.0 Å². The Morgan fingerprint density at radius 2 is 2.18 bits per heavy atom. The maximum Gasteiger partial charge on any atom is 0.151 e. The number of halogens is 1. The van der Waals surface area contributed by atoms with Gasteiger partial charge in [0.15, 0.2) is 9.84 Å². The summed E-state index contributed by atoms with van der Waals surface area (Å²) in [5, 5.41) is 0.716. The summed E-state index contributed by atoms with van der Waals surface area (Å²) in [4.78, 5) is 2.27. The molecular formula is C16H22ClNO3S. The number of hydrogen-bond acceptors (Lipinski definition) is 4. The predicted octanol–water partition coefficient (Wildman–Crippen LogP) is 2.51. The van der Waals surface area contributed by atoms with Crippen molar-refractivity contribution in [1.82, 2.24) is 4.90 Å². The number of rotatable bonds is 5. The zero-order valence-electron chi connectivity index (χ0n) is 12.6. The molecule has 0 bridgehead atoms. The number of benzene rings is 1. The van der Waals surface area contributed by atoms with Gasteiger partial charge >= 0.3 is 0 Å². The molecule has 2 fully saturated rings. The average Bonchev–Trinajstić information content (AvgIpc) is 3.07. The van der Waals surface area contributed by atoms with E-state index < -0.39 is 9.84 Å². The lowest BCUT2D eigenvalue weighted by Gasteiger charge is -2.30. The van der Waals surface area contributed by atoms with Crippen LogP contribution < -0.4 is 0 Å². The van der Waals surface area contributed by atoms with Crippen LogP contribution in [0.3, 0.4) is 0 Å². The summed E-state index contributed by atoms with van der Waals surface area (Å²) in [6.07, 6.45) is 3.10. The van der Waals surface area contributed by atoms with Crippen molar-refractivity contribution >= 4 is 21.4 Å². The van der Waals surface area contributed by atoms with Crippen molar-refractivity contribution in [3.05, 3.63) is 34.9 Å². The number of nitrogens with zero attached hydrogens (tertiary/aromatic N) is 1. The lowest BCUT2D eigenvalue weighted by Crippen LogP contribution is -2.40. The first kappa shape index (κ1) is 16.2. The first-order valence-corrected chi connectivity index (χ1v) is 10.0. The fraction of sp³-hybridized carbons (Fsp3) is 0.625. The van der Waals surface area contributed by atoms with E-state index in [-0.39, 0.29) is 17.9 Å². The molecule has 1 aromatic rings. The van der Waals surface area contributed by atoms with E-state index in [4.69, 9.17) is 16.3 Å². The quantitative estimate of drug-likeness (QED) is 0.824. The second-order valence-electron chi connectivity index (χ2n) is 6.25. The normalized spacial score (nSPS) is 27.5. The molecule has 122 valence electrons. The zero-order chi connectivity index (χ0) is 15.6. The molecule has 0 spiro atoms. The van der Waals surface area contributed by atoms with E-state index in [0.29, 0.717) is 10.8 Å². The topological polar surface area (TPSA) is 46.6 Å². The van der Waals surface area contributed by atoms with Crippen LogP contribution in [0.25, 0.3) is 0 Å². The van der Waals surface area contributed by atoms with Crippen LogP contribution >= 0.6 is 11.6 Å². The van der Waals surface area contributed by atoms with Gasteiger partial charge in [0, 0.05) is 30.8 Å². The van der Waals surface area contributed by atoms with Gasteiger partial charge in [0.2, 0.25) is 0 Å². The molecule has 6 heteroatoms. The summed E-state index contributed by atoms with van der Waals surface area (Å²) in [6.45, 7) is 2.34. The summed E-state index contributed by atoms with van der Waals surface area (Å²) in [6, 6.07) is 7.88. The van der Waals surface area contributed by atoms with E-state index in [1.807, 2.05) is 24.3 Å². The van der Waals surface area contributed by atoms with Crippen LogP contribution in [0.1, 0.15) is 24.8 Å². The van der Waals surface area contributed by atoms with Gasteiger partial charge in [-0.3, -0.25) is 4.90 Å². The second kappa shape index (κ2) is 6.87. The lowest BCUT2D eigenvalue weighted by molar-refractivity contribution is 0.0574. The van der Waals surface area contributed by atoms with E-state index in [9.17, 15) is 8.42 Å². The maximum absolute atomic E-state index is 11.8. The second-order valence-corrected chi connectivity index (χ2v) is 8.92. The fourth-order valence-corrected chi connectivity index (χ4v) is 5.30. The third kappa shape index (κ3) is 4.22. The Kier molecular flexibility index (Phi) is 5.07. The first-order valence-electron chi connectivity index (χ1n) is 7.82. The van der Waals surface area contributed by atoms with Gasteiger partial charge in [0.1, 0.15) is 0 Å². The number of sulfone groups is 1. The van der Waals surface area contributed by atoms with Crippen LogP contribution in [-0.2, 0) is 21.1 Å². The van der Waals surface area contributed by atoms with Crippen LogP contribution in [0.2, 0.25) is 5.02 Å². The van der Waals surface area contributed by atoms with Crippen molar-refractivity contribution in [2.24, 2.45) is 0 Å². The third-order valence-electron chi connectivity index (χ3n) is 4.46. The minimum absolute atomic E-state index is 0.0909. The molecule has 2 heterocycles. The minimum atomic E-state index is -2.88. The smallest absolute Gasteiger partial charge is 0.151 e. The fourth-order valence-electron chi connectivity index (χ4n) is 3.33. The van der Waals surface area contributed by atoms with Crippen LogP contribution in [0, 0.1) is 0 Å². The maximum atomic E-state index is 11.8. The van der Waals surface area contributed by atoms with Gasteiger partial charge in [-0.1, -0.05) is 23.7 Å². The van der Waals surface area contributed by atoms with Crippen molar-refractivity contribution < 1.29 is 13.2 Å². The molecule has 0 unspecified atom stereocenters. The standard InChI is InChI=1S/C16H22ClNO3S/c17-14-4-1-3-13(9-14)10-18(11-16-5-2-7-21-16)15-6-8-22(19,20)12-15/h1,3-4,9,15-16H,2,5-8,10-12H2/t15-,16-/m0/s1. The summed E-state index contributed by atoms with van der Waals surface area (Å²) in [7, 11) is -2.88. The molecule has 2 atom stereocenters. The van der Waals surface area contributed by atoms with E-state index in [1.165, 1.54) is 0 Å². The average molecular weight is 344 g/mol. The Balaban J connectivity index is 1.73. The van der Waals surface area contributed by atoms with E-state index in [0.717, 1.165) is 44.5 Å². The van der Waals surface area contributed by atoms with E-state index in [2.05, 4.69) is 4.90 Å². The molecule has 3 rings (SSSR count). The highest BCUT2D eigenvalue weighted by atomic mass is 35.5. The molecule has 2 saturated heterocycles. The minimum Gasteiger partial charge on any atom is -0.377 e. The molecule has 0 saturated carbocycles. The van der Waals surface area contributed by atoms with Gasteiger partial charge in [0.25, 0.3) is 0 Å². The summed E-state index contributed by atoms with van der Waals surface area (Å²) < 4.78 is 29.4. The highest BCUT2D eigenvalue weighted by Gasteiger charge is 2.33. The molecule has 22 heavy (non-hydrogen) atoms. The Hall–Kier alpha value is -0.620. The SMILES string of the molecule is O=S1(=O)CC[C@H](N(Cc2cccc(Cl)c2)C[C@@H]2CCCO2)C1. The van der Waals surface area contributed by atoms with Gasteiger partial charge < -0.3 is 4.74 Å². The van der Waals surface area contributed by atoms with Gasteiger partial charge in [-0.2, -0.15) is 0 Å². The van der Waals surface area contributed by atoms with Crippen LogP contribution in [0.4, 0.5) is 0 Å². The largest absolute Gasteiger partial charge is 0.377 e. The van der Waals surface area contributed by atoms with Gasteiger partial charge in [-0.25, -0.2) is 8.42 Å². The molecule has 0 aliphatic carbocycles. The van der Waals surface area contributed by atoms with Crippen LogP contribution in [-0.4, -0.2) is 50.1 Å². The molecule has 2 aliphatic heterocycles. The Morgan fingerprint density at radius 3 is 2.82 bits per heavy atom. The van der Waals surface area contributed by atoms with Gasteiger partial charge in [-0.05, 0) is 37.0 Å². The monoisotopic (exact) mass is 343 g/mol. The van der Waals surface area contributed by atoms with Crippen molar-refractivity contribution in [3.8, 4) is 0 Å². The Morgan fingerprint density at radius 1 is 1.32 bits per heavy atom. The third-order valence-corrected chi connectivity index (χ3v) is 6.45.